The summed E-state index contributed by atoms with van der Waals surface area (Å²) >= 11 is 0. The normalized spacial score (nSPS) is 0. The molecule has 0 saturated heterocycles. The van der Waals surface area contributed by atoms with Gasteiger partial charge in [0.1, 0.15) is 0 Å². The summed E-state index contributed by atoms with van der Waals surface area (Å²) in [6.45, 7) is 0. The van der Waals surface area contributed by atoms with Crippen LogP contribution in [0.4, 0.5) is 0 Å². The third kappa shape index (κ3) is 15.1. The van der Waals surface area contributed by atoms with Crippen LogP contribution in [0.5, 0.6) is 0 Å². The first-order valence-corrected chi connectivity index (χ1v) is 0. The van der Waals surface area contributed by atoms with Gasteiger partial charge in [0.05, 0.1) is 0 Å². The van der Waals surface area contributed by atoms with Crippen molar-refractivity contribution in [3.05, 3.63) is 0 Å². The molecular weight excluding hydrogens is 94.4 g/mol. The van der Waals surface area contributed by atoms with E-state index < -0.39 is 0 Å². The fraction of sp³-hybridized carbons (Fsp3) is 0. The molecule has 0 amide bonds. The van der Waals surface area contributed by atoms with E-state index in [1.807, 2.05) is 0 Å². The molecule has 3 N–H and O–H groups in total. The summed E-state index contributed by atoms with van der Waals surface area (Å²) in [6.07, 6.45) is 0. The summed E-state index contributed by atoms with van der Waals surface area (Å²) in [6, 6.07) is 0. The summed E-state index contributed by atoms with van der Waals surface area (Å²) in [5.41, 5.74) is 0. The van der Waals surface area contributed by atoms with E-state index in [1.165, 1.54) is 0 Å². The molecule has 0 bridgehead atoms. The first kappa shape index (κ1) is 120. The van der Waals surface area contributed by atoms with Crippen LogP contribution in [0.15, 0.2) is 0 Å². The Morgan fingerprint density at radius 2 is 1.00 bits per heavy atom. The van der Waals surface area contributed by atoms with Gasteiger partial charge in [0.25, 0.3) is 0 Å². The number of rotatable bonds is 0. The number of hydrogen-bond donors (Lipinski definition) is 0. The molecule has 0 fully saturated rings. The zero-order chi connectivity index (χ0) is 0. The largest absolute Gasteiger partial charge is 2.00 e. The fourth-order valence-electron chi connectivity index (χ4n) is 0. The van der Waals surface area contributed by atoms with E-state index in [4.69, 9.17) is 0 Å². The van der Waals surface area contributed by atoms with Crippen LogP contribution in [-0.4, -0.2) is 28.3 Å². The van der Waals surface area contributed by atoms with Crippen molar-refractivity contribution in [2.75, 3.05) is 0 Å². The monoisotopic (exact) mass is 97.0 g/mol. The Hall–Kier alpha value is 0.742. The molecule has 0 heterocycles. The average Bonchev–Trinajstić information content (AvgIpc) is 0. The SMILES string of the molecule is O.[Al+2].[Cl-].[OH-]. The van der Waals surface area contributed by atoms with Crippen molar-refractivity contribution in [3.8, 4) is 0 Å². The fourth-order valence-corrected chi connectivity index (χ4v) is 0. The van der Waals surface area contributed by atoms with E-state index in [0.717, 1.165) is 0 Å². The smallest absolute Gasteiger partial charge is 1.00 e. The Morgan fingerprint density at radius 3 is 1.00 bits per heavy atom. The topological polar surface area (TPSA) is 61.5 Å². The molecule has 0 aromatic rings. The van der Waals surface area contributed by atoms with Crippen LogP contribution in [0.3, 0.4) is 0 Å². The molecule has 0 unspecified atom stereocenters. The first-order chi connectivity index (χ1) is 0. The van der Waals surface area contributed by atoms with Crippen molar-refractivity contribution in [3.63, 3.8) is 0 Å². The van der Waals surface area contributed by atoms with Crippen LogP contribution >= 0.6 is 0 Å². The van der Waals surface area contributed by atoms with Gasteiger partial charge in [0, 0.05) is 0 Å². The molecule has 0 spiro atoms. The molecule has 4 heteroatoms. The Labute approximate surface area is 41.4 Å². The van der Waals surface area contributed by atoms with Gasteiger partial charge in [-0.2, -0.15) is 0 Å². The van der Waals surface area contributed by atoms with E-state index in [2.05, 4.69) is 0 Å². The molecule has 0 aliphatic heterocycles. The maximum Gasteiger partial charge on any atom is 2.00 e. The second-order valence-corrected chi connectivity index (χ2v) is 0. The van der Waals surface area contributed by atoms with Gasteiger partial charge in [-0.15, -0.1) is 0 Å². The predicted octanol–water partition coefficient (Wildman–Crippen LogP) is -4.38. The molecule has 25 valence electrons. The quantitative estimate of drug-likeness (QED) is 0.282. The summed E-state index contributed by atoms with van der Waals surface area (Å²) in [4.78, 5) is 0. The Balaban J connectivity index is 0. The Morgan fingerprint density at radius 1 is 1.00 bits per heavy atom. The average molecular weight is 97.5 g/mol. The molecule has 4 heavy (non-hydrogen) atoms. The van der Waals surface area contributed by atoms with Crippen molar-refractivity contribution in [2.24, 2.45) is 0 Å². The van der Waals surface area contributed by atoms with E-state index in [-0.39, 0.29) is 40.7 Å². The molecule has 0 aliphatic carbocycles. The minimum Gasteiger partial charge on any atom is -1.00 e. The van der Waals surface area contributed by atoms with Crippen LogP contribution < -0.4 is 12.4 Å². The summed E-state index contributed by atoms with van der Waals surface area (Å²) in [5.74, 6) is 0. The van der Waals surface area contributed by atoms with Crippen molar-refractivity contribution in [2.45, 2.75) is 0 Å². The molecule has 0 rings (SSSR count). The van der Waals surface area contributed by atoms with Crippen LogP contribution in [0.1, 0.15) is 0 Å². The van der Waals surface area contributed by atoms with Gasteiger partial charge in [-0.05, 0) is 0 Å². The minimum absolute atomic E-state index is 0. The predicted molar refractivity (Wildman–Crippen MR) is 11.3 cm³/mol. The Bertz CT molecular complexity index is 6.00. The van der Waals surface area contributed by atoms with Gasteiger partial charge >= 0.3 is 17.4 Å². The zero-order valence-corrected chi connectivity index (χ0v) is 3.81. The molecular formula is H3AlClO2. The van der Waals surface area contributed by atoms with Gasteiger partial charge < -0.3 is 23.4 Å². The first-order valence-electron chi connectivity index (χ1n) is 0. The third-order valence-corrected chi connectivity index (χ3v) is 0. The summed E-state index contributed by atoms with van der Waals surface area (Å²) < 4.78 is 0. The molecule has 0 saturated carbocycles. The van der Waals surface area contributed by atoms with Gasteiger partial charge in [0.2, 0.25) is 0 Å². The minimum atomic E-state index is 0. The summed E-state index contributed by atoms with van der Waals surface area (Å²) in [5, 5.41) is 0. The molecule has 0 atom stereocenters. The second kappa shape index (κ2) is 51.1. The maximum absolute atomic E-state index is 0. The van der Waals surface area contributed by atoms with Crippen molar-refractivity contribution in [1.82, 2.24) is 0 Å². The van der Waals surface area contributed by atoms with Gasteiger partial charge in [-0.3, -0.25) is 0 Å². The standard InChI is InChI=1S/Al.ClH.2H2O/h;1H;2*1H2/q+2;;;/p-2. The van der Waals surface area contributed by atoms with Crippen molar-refractivity contribution in [1.29, 1.82) is 0 Å². The number of halogens is 1. The molecule has 1 radical (unpaired) electrons. The maximum atomic E-state index is 0. The van der Waals surface area contributed by atoms with Gasteiger partial charge in [-0.25, -0.2) is 0 Å². The molecule has 2 nitrogen and oxygen atoms in total. The molecule has 0 aromatic heterocycles. The Kier molecular flexibility index (Phi) is 1540. The van der Waals surface area contributed by atoms with E-state index in [0.29, 0.717) is 0 Å². The third-order valence-electron chi connectivity index (χ3n) is 0. The van der Waals surface area contributed by atoms with Crippen LogP contribution in [-0.2, 0) is 0 Å². The van der Waals surface area contributed by atoms with Crippen molar-refractivity contribution >= 4 is 17.4 Å². The van der Waals surface area contributed by atoms with Crippen LogP contribution in [0.2, 0.25) is 0 Å². The second-order valence-electron chi connectivity index (χ2n) is 0. The molecule has 0 aromatic carbocycles. The van der Waals surface area contributed by atoms with Crippen LogP contribution in [0, 0.1) is 0 Å². The zero-order valence-electron chi connectivity index (χ0n) is 1.90. The van der Waals surface area contributed by atoms with Crippen molar-refractivity contribution < 1.29 is 23.4 Å². The summed E-state index contributed by atoms with van der Waals surface area (Å²) in [7, 11) is 0. The van der Waals surface area contributed by atoms with E-state index >= 15 is 0 Å². The molecule has 0 aliphatic rings. The van der Waals surface area contributed by atoms with E-state index in [9.17, 15) is 0 Å². The number of hydrogen-bond acceptors (Lipinski definition) is 1. The van der Waals surface area contributed by atoms with Gasteiger partial charge in [0.15, 0.2) is 0 Å². The van der Waals surface area contributed by atoms with E-state index in [1.54, 1.807) is 0 Å². The van der Waals surface area contributed by atoms with Crippen LogP contribution in [0.25, 0.3) is 0 Å². The van der Waals surface area contributed by atoms with Gasteiger partial charge in [-0.1, -0.05) is 0 Å².